The van der Waals surface area contributed by atoms with Gasteiger partial charge < -0.3 is 4.74 Å². The molecule has 0 atom stereocenters. The van der Waals surface area contributed by atoms with Crippen LogP contribution in [0.15, 0.2) is 30.6 Å². The van der Waals surface area contributed by atoms with E-state index in [1.807, 2.05) is 18.2 Å². The van der Waals surface area contributed by atoms with Gasteiger partial charge in [0.2, 0.25) is 11.2 Å². The highest BCUT2D eigenvalue weighted by Crippen LogP contribution is 2.22. The summed E-state index contributed by atoms with van der Waals surface area (Å²) in [6, 6.07) is 5.77. The number of H-pyrrole nitrogens is 1. The molecule has 3 rings (SSSR count). The average Bonchev–Trinajstić information content (AvgIpc) is 2.88. The summed E-state index contributed by atoms with van der Waals surface area (Å²) in [5.74, 6) is 0.430. The van der Waals surface area contributed by atoms with Gasteiger partial charge in [0.05, 0.1) is 12.8 Å². The molecule has 0 aliphatic rings. The molecule has 3 aromatic rings. The Morgan fingerprint density at radius 3 is 3.05 bits per heavy atom. The van der Waals surface area contributed by atoms with Gasteiger partial charge in [-0.25, -0.2) is 0 Å². The maximum Gasteiger partial charge on any atom is 0.229 e. The average molecular weight is 276 g/mol. The largest absolute Gasteiger partial charge is 0.477 e. The molecule has 0 saturated carbocycles. The zero-order valence-electron chi connectivity index (χ0n) is 9.88. The number of nitrogens with one attached hydrogen (secondary N) is 1. The molecule has 0 aliphatic heterocycles. The Balaban J connectivity index is 1.73. The van der Waals surface area contributed by atoms with Gasteiger partial charge in [-0.1, -0.05) is 6.07 Å². The van der Waals surface area contributed by atoms with Gasteiger partial charge in [-0.2, -0.15) is 15.1 Å². The number of aromatic nitrogens is 5. The summed E-state index contributed by atoms with van der Waals surface area (Å²) >= 11 is 5.81. The summed E-state index contributed by atoms with van der Waals surface area (Å²) in [5.41, 5.74) is 1.53. The molecular formula is C12H10ClN5O. The molecule has 0 spiro atoms. The van der Waals surface area contributed by atoms with Crippen molar-refractivity contribution < 1.29 is 4.74 Å². The SMILES string of the molecule is Clc1nc(OCCc2ccccn2)c2cn[nH]c2n1. The number of aromatic amines is 1. The molecule has 0 amide bonds. The molecule has 0 aromatic carbocycles. The van der Waals surface area contributed by atoms with Crippen molar-refractivity contribution in [2.24, 2.45) is 0 Å². The minimum absolute atomic E-state index is 0.129. The second-order valence-corrected chi connectivity index (χ2v) is 4.19. The van der Waals surface area contributed by atoms with Crippen LogP contribution in [-0.2, 0) is 6.42 Å². The van der Waals surface area contributed by atoms with Gasteiger partial charge in [-0.05, 0) is 23.7 Å². The molecule has 96 valence electrons. The summed E-state index contributed by atoms with van der Waals surface area (Å²) in [7, 11) is 0. The lowest BCUT2D eigenvalue weighted by Crippen LogP contribution is -2.04. The van der Waals surface area contributed by atoms with Crippen molar-refractivity contribution >= 4 is 22.6 Å². The van der Waals surface area contributed by atoms with Gasteiger partial charge in [0, 0.05) is 18.3 Å². The number of ether oxygens (including phenoxy) is 1. The van der Waals surface area contributed by atoms with Crippen LogP contribution in [0.3, 0.4) is 0 Å². The van der Waals surface area contributed by atoms with Crippen LogP contribution in [0.25, 0.3) is 11.0 Å². The molecule has 19 heavy (non-hydrogen) atoms. The van der Waals surface area contributed by atoms with E-state index < -0.39 is 0 Å². The minimum Gasteiger partial charge on any atom is -0.477 e. The first-order chi connectivity index (χ1) is 9.33. The number of hydrogen-bond donors (Lipinski definition) is 1. The van der Waals surface area contributed by atoms with Crippen LogP contribution >= 0.6 is 11.6 Å². The van der Waals surface area contributed by atoms with Crippen molar-refractivity contribution in [3.63, 3.8) is 0 Å². The monoisotopic (exact) mass is 275 g/mol. The van der Waals surface area contributed by atoms with E-state index in [0.29, 0.717) is 29.9 Å². The van der Waals surface area contributed by atoms with Gasteiger partial charge in [-0.3, -0.25) is 10.1 Å². The minimum atomic E-state index is 0.129. The van der Waals surface area contributed by atoms with Gasteiger partial charge >= 0.3 is 0 Å². The number of fused-ring (bicyclic) bond motifs is 1. The smallest absolute Gasteiger partial charge is 0.229 e. The fourth-order valence-electron chi connectivity index (χ4n) is 1.69. The van der Waals surface area contributed by atoms with Crippen molar-refractivity contribution in [2.75, 3.05) is 6.61 Å². The lowest BCUT2D eigenvalue weighted by molar-refractivity contribution is 0.312. The van der Waals surface area contributed by atoms with Crippen molar-refractivity contribution in [1.82, 2.24) is 25.1 Å². The van der Waals surface area contributed by atoms with Crippen LogP contribution in [0.2, 0.25) is 5.28 Å². The quantitative estimate of drug-likeness (QED) is 0.737. The highest BCUT2D eigenvalue weighted by molar-refractivity contribution is 6.28. The third-order valence-corrected chi connectivity index (χ3v) is 2.74. The Kier molecular flexibility index (Phi) is 3.24. The third kappa shape index (κ3) is 2.63. The predicted molar refractivity (Wildman–Crippen MR) is 70.1 cm³/mol. The van der Waals surface area contributed by atoms with Crippen LogP contribution in [0.4, 0.5) is 0 Å². The summed E-state index contributed by atoms with van der Waals surface area (Å²) in [6.07, 6.45) is 4.06. The summed E-state index contributed by atoms with van der Waals surface area (Å²) in [4.78, 5) is 12.3. The molecule has 0 fully saturated rings. The van der Waals surface area contributed by atoms with Crippen LogP contribution in [-0.4, -0.2) is 31.8 Å². The molecule has 7 heteroatoms. The molecule has 3 aromatic heterocycles. The Bertz CT molecular complexity index is 685. The fraction of sp³-hybridized carbons (Fsp3) is 0.167. The second-order valence-electron chi connectivity index (χ2n) is 3.85. The third-order valence-electron chi connectivity index (χ3n) is 2.57. The topological polar surface area (TPSA) is 76.6 Å². The molecule has 0 radical (unpaired) electrons. The maximum absolute atomic E-state index is 5.81. The lowest BCUT2D eigenvalue weighted by Gasteiger charge is -2.05. The molecule has 0 unspecified atom stereocenters. The Hall–Kier alpha value is -2.21. The van der Waals surface area contributed by atoms with Gasteiger partial charge in [-0.15, -0.1) is 0 Å². The van der Waals surface area contributed by atoms with E-state index >= 15 is 0 Å². The van der Waals surface area contributed by atoms with Gasteiger partial charge in [0.1, 0.15) is 5.39 Å². The molecule has 6 nitrogen and oxygen atoms in total. The number of pyridine rings is 1. The van der Waals surface area contributed by atoms with Crippen molar-refractivity contribution in [3.05, 3.63) is 41.6 Å². The van der Waals surface area contributed by atoms with E-state index in [4.69, 9.17) is 16.3 Å². The van der Waals surface area contributed by atoms with Crippen LogP contribution in [0.1, 0.15) is 5.69 Å². The normalized spacial score (nSPS) is 10.8. The highest BCUT2D eigenvalue weighted by atomic mass is 35.5. The summed E-state index contributed by atoms with van der Waals surface area (Å²) < 4.78 is 5.63. The molecule has 3 heterocycles. The molecule has 0 bridgehead atoms. The van der Waals surface area contributed by atoms with Crippen LogP contribution < -0.4 is 4.74 Å². The second kappa shape index (κ2) is 5.19. The van der Waals surface area contributed by atoms with Crippen LogP contribution in [0.5, 0.6) is 5.88 Å². The van der Waals surface area contributed by atoms with Crippen molar-refractivity contribution in [3.8, 4) is 5.88 Å². The van der Waals surface area contributed by atoms with Gasteiger partial charge in [0.15, 0.2) is 5.65 Å². The van der Waals surface area contributed by atoms with E-state index in [1.54, 1.807) is 12.4 Å². The molecular weight excluding hydrogens is 266 g/mol. The first-order valence-corrected chi connectivity index (χ1v) is 6.10. The summed E-state index contributed by atoms with van der Waals surface area (Å²) in [5, 5.41) is 7.46. The maximum atomic E-state index is 5.81. The van der Waals surface area contributed by atoms with E-state index in [9.17, 15) is 0 Å². The van der Waals surface area contributed by atoms with E-state index in [-0.39, 0.29) is 5.28 Å². The van der Waals surface area contributed by atoms with Crippen molar-refractivity contribution in [2.45, 2.75) is 6.42 Å². The first kappa shape index (κ1) is 11.9. The van der Waals surface area contributed by atoms with Crippen LogP contribution in [0, 0.1) is 0 Å². The van der Waals surface area contributed by atoms with E-state index in [0.717, 1.165) is 5.69 Å². The Labute approximate surface area is 113 Å². The Morgan fingerprint density at radius 2 is 2.21 bits per heavy atom. The zero-order valence-corrected chi connectivity index (χ0v) is 10.6. The zero-order chi connectivity index (χ0) is 13.1. The van der Waals surface area contributed by atoms with Crippen molar-refractivity contribution in [1.29, 1.82) is 0 Å². The van der Waals surface area contributed by atoms with E-state index in [1.165, 1.54) is 0 Å². The standard InChI is InChI=1S/C12H10ClN5O/c13-12-16-10-9(7-15-18-10)11(17-12)19-6-4-8-3-1-2-5-14-8/h1-3,5,7H,4,6H2,(H,15,16,17,18). The van der Waals surface area contributed by atoms with E-state index in [2.05, 4.69) is 25.1 Å². The first-order valence-electron chi connectivity index (χ1n) is 5.72. The van der Waals surface area contributed by atoms with Gasteiger partial charge in [0.25, 0.3) is 0 Å². The molecule has 1 N–H and O–H groups in total. The lowest BCUT2D eigenvalue weighted by atomic mass is 10.3. The summed E-state index contributed by atoms with van der Waals surface area (Å²) in [6.45, 7) is 0.463. The number of hydrogen-bond acceptors (Lipinski definition) is 5. The fourth-order valence-corrected chi connectivity index (χ4v) is 1.85. The Morgan fingerprint density at radius 1 is 1.26 bits per heavy atom. The number of nitrogens with zero attached hydrogens (tertiary/aromatic N) is 4. The molecule has 0 saturated heterocycles. The number of rotatable bonds is 4. The number of halogens is 1. The highest BCUT2D eigenvalue weighted by Gasteiger charge is 2.09. The molecule has 0 aliphatic carbocycles. The predicted octanol–water partition coefficient (Wildman–Crippen LogP) is 2.02.